The van der Waals surface area contributed by atoms with Crippen molar-refractivity contribution in [1.29, 1.82) is 0 Å². The summed E-state index contributed by atoms with van der Waals surface area (Å²) in [6.45, 7) is 1.53. The number of aliphatic hydroxyl groups excluding tert-OH is 1. The van der Waals surface area contributed by atoms with E-state index >= 15 is 0 Å². The molecule has 2 heterocycles. The molecule has 1 saturated heterocycles. The monoisotopic (exact) mass is 306 g/mol. The molecule has 3 rings (SSSR count). The van der Waals surface area contributed by atoms with Gasteiger partial charge in [-0.25, -0.2) is 13.8 Å². The third kappa shape index (κ3) is 3.33. The van der Waals surface area contributed by atoms with Crippen molar-refractivity contribution < 1.29 is 18.6 Å². The zero-order chi connectivity index (χ0) is 15.5. The molecule has 6 heteroatoms. The average Bonchev–Trinajstić information content (AvgIpc) is 2.95. The fourth-order valence-electron chi connectivity index (χ4n) is 2.41. The summed E-state index contributed by atoms with van der Waals surface area (Å²) < 4.78 is 31.4. The number of anilines is 1. The highest BCUT2D eigenvalue weighted by Gasteiger charge is 2.20. The van der Waals surface area contributed by atoms with E-state index in [1.807, 2.05) is 6.07 Å². The van der Waals surface area contributed by atoms with E-state index in [1.165, 1.54) is 6.07 Å². The Kier molecular flexibility index (Phi) is 4.20. The van der Waals surface area contributed by atoms with Crippen molar-refractivity contribution in [3.05, 3.63) is 53.7 Å². The van der Waals surface area contributed by atoms with Crippen molar-refractivity contribution >= 4 is 5.69 Å². The van der Waals surface area contributed by atoms with Crippen LogP contribution in [-0.2, 0) is 6.61 Å². The number of aromatic nitrogens is 1. The normalized spacial score (nSPS) is 17.8. The largest absolute Gasteiger partial charge is 0.473 e. The molecule has 116 valence electrons. The summed E-state index contributed by atoms with van der Waals surface area (Å²) in [7, 11) is 0. The summed E-state index contributed by atoms with van der Waals surface area (Å²) >= 11 is 0. The molecule has 4 nitrogen and oxygen atoms in total. The number of halogens is 2. The first-order valence-electron chi connectivity index (χ1n) is 7.07. The molecule has 1 aliphatic heterocycles. The maximum atomic E-state index is 13.1. The predicted octanol–water partition coefficient (Wildman–Crippen LogP) is 2.51. The van der Waals surface area contributed by atoms with Gasteiger partial charge in [-0.2, -0.15) is 0 Å². The Morgan fingerprint density at radius 2 is 2.09 bits per heavy atom. The fourth-order valence-corrected chi connectivity index (χ4v) is 2.41. The number of pyridine rings is 1. The van der Waals surface area contributed by atoms with Crippen molar-refractivity contribution in [3.8, 4) is 5.88 Å². The lowest BCUT2D eigenvalue weighted by atomic mass is 10.2. The molecule has 0 spiro atoms. The van der Waals surface area contributed by atoms with Gasteiger partial charge in [0.1, 0.15) is 6.61 Å². The molecule has 0 radical (unpaired) electrons. The molecular weight excluding hydrogens is 290 g/mol. The minimum absolute atomic E-state index is 0.117. The molecule has 1 aliphatic rings. The zero-order valence-electron chi connectivity index (χ0n) is 11.9. The third-order valence-electron chi connectivity index (χ3n) is 3.62. The molecule has 0 unspecified atom stereocenters. The Bertz CT molecular complexity index is 649. The molecule has 0 saturated carbocycles. The smallest absolute Gasteiger partial charge is 0.213 e. The van der Waals surface area contributed by atoms with Crippen LogP contribution in [0.4, 0.5) is 14.5 Å². The average molecular weight is 306 g/mol. The lowest BCUT2D eigenvalue weighted by Crippen LogP contribution is -2.21. The first kappa shape index (κ1) is 14.7. The molecule has 2 aromatic rings. The van der Waals surface area contributed by atoms with Gasteiger partial charge in [-0.1, -0.05) is 6.07 Å². The van der Waals surface area contributed by atoms with E-state index in [9.17, 15) is 13.9 Å². The molecule has 1 atom stereocenters. The van der Waals surface area contributed by atoms with E-state index in [-0.39, 0.29) is 12.7 Å². The van der Waals surface area contributed by atoms with Crippen LogP contribution in [0.15, 0.2) is 36.5 Å². The molecule has 1 N–H and O–H groups in total. The predicted molar refractivity (Wildman–Crippen MR) is 77.8 cm³/mol. The molecule has 1 aromatic carbocycles. The van der Waals surface area contributed by atoms with E-state index in [1.54, 1.807) is 12.3 Å². The number of benzene rings is 1. The summed E-state index contributed by atoms with van der Waals surface area (Å²) in [5.74, 6) is -1.36. The van der Waals surface area contributed by atoms with E-state index < -0.39 is 11.6 Å². The van der Waals surface area contributed by atoms with Crippen LogP contribution in [0.2, 0.25) is 0 Å². The Morgan fingerprint density at radius 1 is 1.23 bits per heavy atom. The number of hydrogen-bond acceptors (Lipinski definition) is 4. The van der Waals surface area contributed by atoms with E-state index in [4.69, 9.17) is 4.74 Å². The van der Waals surface area contributed by atoms with E-state index in [0.29, 0.717) is 18.0 Å². The highest BCUT2D eigenvalue weighted by molar-refractivity contribution is 5.46. The van der Waals surface area contributed by atoms with Crippen LogP contribution in [0, 0.1) is 11.6 Å². The van der Waals surface area contributed by atoms with Gasteiger partial charge in [0, 0.05) is 19.2 Å². The number of nitrogens with zero attached hydrogens (tertiary/aromatic N) is 2. The van der Waals surface area contributed by atoms with Gasteiger partial charge in [-0.05, 0) is 30.2 Å². The van der Waals surface area contributed by atoms with Crippen molar-refractivity contribution in [3.63, 3.8) is 0 Å². The van der Waals surface area contributed by atoms with Gasteiger partial charge in [0.2, 0.25) is 5.88 Å². The van der Waals surface area contributed by atoms with Crippen molar-refractivity contribution in [1.82, 2.24) is 4.98 Å². The van der Waals surface area contributed by atoms with Crippen LogP contribution in [0.3, 0.4) is 0 Å². The maximum absolute atomic E-state index is 13.1. The standard InChI is InChI=1S/C16H16F2N2O2/c17-14-3-1-11(7-15(14)18)10-22-16-4-2-12(8-19-16)20-6-5-13(21)9-20/h1-4,7-8,13,21H,5-6,9-10H2/t13-/m1/s1. The fraction of sp³-hybridized carbons (Fsp3) is 0.312. The molecule has 1 aromatic heterocycles. The second-order valence-corrected chi connectivity index (χ2v) is 5.28. The van der Waals surface area contributed by atoms with Crippen LogP contribution in [0.1, 0.15) is 12.0 Å². The van der Waals surface area contributed by atoms with Gasteiger partial charge >= 0.3 is 0 Å². The number of β-amino-alcohol motifs (C(OH)–C–C–N with tert-alkyl or cyclic N) is 1. The van der Waals surface area contributed by atoms with Crippen LogP contribution >= 0.6 is 0 Å². The Hall–Kier alpha value is -2.21. The van der Waals surface area contributed by atoms with Gasteiger partial charge in [-0.3, -0.25) is 0 Å². The minimum atomic E-state index is -0.892. The molecular formula is C16H16F2N2O2. The summed E-state index contributed by atoms with van der Waals surface area (Å²) in [5.41, 5.74) is 1.46. The van der Waals surface area contributed by atoms with E-state index in [2.05, 4.69) is 9.88 Å². The molecule has 0 aliphatic carbocycles. The van der Waals surface area contributed by atoms with Crippen molar-refractivity contribution in [2.45, 2.75) is 19.1 Å². The highest BCUT2D eigenvalue weighted by atomic mass is 19.2. The molecule has 0 amide bonds. The Morgan fingerprint density at radius 3 is 2.73 bits per heavy atom. The van der Waals surface area contributed by atoms with E-state index in [0.717, 1.165) is 30.8 Å². The molecule has 22 heavy (non-hydrogen) atoms. The number of aliphatic hydroxyl groups is 1. The first-order chi connectivity index (χ1) is 10.6. The Labute approximate surface area is 127 Å². The minimum Gasteiger partial charge on any atom is -0.473 e. The second kappa shape index (κ2) is 6.27. The second-order valence-electron chi connectivity index (χ2n) is 5.28. The lowest BCUT2D eigenvalue weighted by molar-refractivity contribution is 0.198. The number of hydrogen-bond donors (Lipinski definition) is 1. The molecule has 1 fully saturated rings. The number of rotatable bonds is 4. The SMILES string of the molecule is O[C@@H]1CCN(c2ccc(OCc3ccc(F)c(F)c3)nc2)C1. The maximum Gasteiger partial charge on any atom is 0.213 e. The van der Waals surface area contributed by atoms with Crippen LogP contribution in [0.5, 0.6) is 5.88 Å². The lowest BCUT2D eigenvalue weighted by Gasteiger charge is -2.17. The summed E-state index contributed by atoms with van der Waals surface area (Å²) in [6.07, 6.45) is 2.15. The van der Waals surface area contributed by atoms with Gasteiger partial charge in [0.25, 0.3) is 0 Å². The van der Waals surface area contributed by atoms with Gasteiger partial charge in [0.15, 0.2) is 11.6 Å². The number of ether oxygens (including phenoxy) is 1. The van der Waals surface area contributed by atoms with Crippen LogP contribution in [0.25, 0.3) is 0 Å². The first-order valence-corrected chi connectivity index (χ1v) is 7.07. The summed E-state index contributed by atoms with van der Waals surface area (Å²) in [6, 6.07) is 7.24. The zero-order valence-corrected chi connectivity index (χ0v) is 11.9. The topological polar surface area (TPSA) is 45.6 Å². The summed E-state index contributed by atoms with van der Waals surface area (Å²) in [4.78, 5) is 6.24. The highest BCUT2D eigenvalue weighted by Crippen LogP contribution is 2.21. The van der Waals surface area contributed by atoms with Gasteiger partial charge in [-0.15, -0.1) is 0 Å². The van der Waals surface area contributed by atoms with Crippen molar-refractivity contribution in [2.75, 3.05) is 18.0 Å². The van der Waals surface area contributed by atoms with Crippen molar-refractivity contribution in [2.24, 2.45) is 0 Å². The third-order valence-corrected chi connectivity index (χ3v) is 3.62. The van der Waals surface area contributed by atoms with Crippen LogP contribution < -0.4 is 9.64 Å². The quantitative estimate of drug-likeness (QED) is 0.943. The Balaban J connectivity index is 1.60. The molecule has 0 bridgehead atoms. The van der Waals surface area contributed by atoms with Gasteiger partial charge in [0.05, 0.1) is 18.0 Å². The van der Waals surface area contributed by atoms with Gasteiger partial charge < -0.3 is 14.7 Å². The summed E-state index contributed by atoms with van der Waals surface area (Å²) in [5, 5.41) is 9.52. The van der Waals surface area contributed by atoms with Crippen LogP contribution in [-0.4, -0.2) is 29.3 Å².